The minimum absolute atomic E-state index is 0.0507. The maximum Gasteiger partial charge on any atom is 0.293 e. The quantitative estimate of drug-likeness (QED) is 0.331. The van der Waals surface area contributed by atoms with Crippen molar-refractivity contribution in [2.45, 2.75) is 31.6 Å². The molecule has 1 saturated heterocycles. The van der Waals surface area contributed by atoms with Crippen molar-refractivity contribution >= 4 is 23.2 Å². The normalized spacial score (nSPS) is 29.0. The average molecular weight is 438 g/mol. The maximum atomic E-state index is 14.0. The molecule has 7 rings (SSSR count). The number of carbonyl (C=O) groups excluding carboxylic acids is 2. The number of nitrogens with zero attached hydrogens (tertiary/aromatic N) is 2. The van der Waals surface area contributed by atoms with E-state index in [0.717, 1.165) is 27.2 Å². The number of rotatable bonds is 2. The standard InChI is InChI=1S/C27H22N2O4/c1-15-12-13-20(21(14-15)29(32)33)28-24(30)22-23(25(28)31)27(3)18-10-6-4-8-16(18)26(22,2)17-9-5-7-11-19(17)27/h4-14,22-23H,1-3H3/t22-,23-,26?,27?/m0/s1. The minimum atomic E-state index is -0.712. The number of nitro groups is 1. The van der Waals surface area contributed by atoms with Crippen LogP contribution in [0, 0.1) is 28.9 Å². The van der Waals surface area contributed by atoms with Crippen LogP contribution < -0.4 is 4.90 Å². The highest BCUT2D eigenvalue weighted by atomic mass is 16.6. The Labute approximate surface area is 191 Å². The van der Waals surface area contributed by atoms with E-state index >= 15 is 0 Å². The van der Waals surface area contributed by atoms with Gasteiger partial charge in [0.05, 0.1) is 16.8 Å². The van der Waals surface area contributed by atoms with Gasteiger partial charge in [-0.05, 0) is 40.8 Å². The molecule has 6 nitrogen and oxygen atoms in total. The van der Waals surface area contributed by atoms with Crippen LogP contribution in [0.5, 0.6) is 0 Å². The summed E-state index contributed by atoms with van der Waals surface area (Å²) >= 11 is 0. The molecule has 4 aliphatic rings. The number of carbonyl (C=O) groups is 2. The summed E-state index contributed by atoms with van der Waals surface area (Å²) in [5.41, 5.74) is 3.29. The first-order chi connectivity index (χ1) is 15.7. The molecule has 1 fully saturated rings. The predicted molar refractivity (Wildman–Crippen MR) is 123 cm³/mol. The lowest BCUT2D eigenvalue weighted by Crippen LogP contribution is -2.59. The summed E-state index contributed by atoms with van der Waals surface area (Å²) in [4.78, 5) is 40.5. The molecule has 1 heterocycles. The molecule has 3 aliphatic carbocycles. The lowest BCUT2D eigenvalue weighted by molar-refractivity contribution is -0.384. The Kier molecular flexibility index (Phi) is 3.71. The van der Waals surface area contributed by atoms with Crippen molar-refractivity contribution in [3.05, 3.63) is 105 Å². The highest BCUT2D eigenvalue weighted by Gasteiger charge is 2.70. The minimum Gasteiger partial charge on any atom is -0.274 e. The SMILES string of the molecule is Cc1ccc(N2C(=O)[C@@H]3[C@@H](C2=O)C2(C)c4ccccc4C3(C)c3ccccc32)c([N+](=O)[O-])c1. The zero-order valence-corrected chi connectivity index (χ0v) is 18.5. The maximum absolute atomic E-state index is 14.0. The predicted octanol–water partition coefficient (Wildman–Crippen LogP) is 4.65. The average Bonchev–Trinajstić information content (AvgIpc) is 3.08. The van der Waals surface area contributed by atoms with E-state index in [1.54, 1.807) is 13.0 Å². The van der Waals surface area contributed by atoms with Crippen LogP contribution in [-0.4, -0.2) is 16.7 Å². The highest BCUT2D eigenvalue weighted by Crippen LogP contribution is 2.66. The largest absolute Gasteiger partial charge is 0.293 e. The number of imide groups is 1. The highest BCUT2D eigenvalue weighted by molar-refractivity contribution is 6.25. The van der Waals surface area contributed by atoms with E-state index in [4.69, 9.17) is 0 Å². The Morgan fingerprint density at radius 1 is 0.788 bits per heavy atom. The molecule has 0 N–H and O–H groups in total. The summed E-state index contributed by atoms with van der Waals surface area (Å²) in [6.07, 6.45) is 0. The molecule has 0 spiro atoms. The van der Waals surface area contributed by atoms with Crippen molar-refractivity contribution in [1.82, 2.24) is 0 Å². The van der Waals surface area contributed by atoms with E-state index in [-0.39, 0.29) is 23.2 Å². The monoisotopic (exact) mass is 438 g/mol. The van der Waals surface area contributed by atoms with Crippen LogP contribution in [0.2, 0.25) is 0 Å². The van der Waals surface area contributed by atoms with Gasteiger partial charge >= 0.3 is 0 Å². The number of hydrogen-bond donors (Lipinski definition) is 0. The first kappa shape index (κ1) is 19.9. The van der Waals surface area contributed by atoms with Gasteiger partial charge in [0, 0.05) is 16.9 Å². The zero-order chi connectivity index (χ0) is 23.3. The molecule has 0 radical (unpaired) electrons. The molecule has 0 unspecified atom stereocenters. The van der Waals surface area contributed by atoms with Gasteiger partial charge in [0.2, 0.25) is 11.8 Å². The van der Waals surface area contributed by atoms with Gasteiger partial charge in [0.15, 0.2) is 0 Å². The fourth-order valence-electron chi connectivity index (χ4n) is 6.78. The molecule has 3 aromatic carbocycles. The molecular formula is C27H22N2O4. The Morgan fingerprint density at radius 2 is 1.21 bits per heavy atom. The van der Waals surface area contributed by atoms with Gasteiger partial charge < -0.3 is 0 Å². The van der Waals surface area contributed by atoms with Gasteiger partial charge in [-0.3, -0.25) is 19.7 Å². The van der Waals surface area contributed by atoms with Gasteiger partial charge in [-0.25, -0.2) is 4.90 Å². The molecule has 2 bridgehead atoms. The first-order valence-corrected chi connectivity index (χ1v) is 11.0. The third-order valence-corrected chi connectivity index (χ3v) is 8.21. The van der Waals surface area contributed by atoms with Crippen LogP contribution in [0.15, 0.2) is 66.7 Å². The fraction of sp³-hybridized carbons (Fsp3) is 0.259. The second kappa shape index (κ2) is 6.16. The van der Waals surface area contributed by atoms with Crippen molar-refractivity contribution in [2.24, 2.45) is 11.8 Å². The summed E-state index contributed by atoms with van der Waals surface area (Å²) in [6, 6.07) is 20.7. The number of nitro benzene ring substituents is 1. The van der Waals surface area contributed by atoms with Gasteiger partial charge in [-0.15, -0.1) is 0 Å². The lowest BCUT2D eigenvalue weighted by atomic mass is 9.42. The third-order valence-electron chi connectivity index (χ3n) is 8.21. The summed E-state index contributed by atoms with van der Waals surface area (Å²) in [7, 11) is 0. The number of aryl methyl sites for hydroxylation is 1. The lowest BCUT2D eigenvalue weighted by Gasteiger charge is -2.57. The fourth-order valence-corrected chi connectivity index (χ4v) is 6.78. The van der Waals surface area contributed by atoms with Crippen molar-refractivity contribution < 1.29 is 14.5 Å². The second-order valence-electron chi connectivity index (χ2n) is 9.71. The summed E-state index contributed by atoms with van der Waals surface area (Å²) in [6.45, 7) is 5.83. The Morgan fingerprint density at radius 3 is 1.61 bits per heavy atom. The Balaban J connectivity index is 1.65. The first-order valence-electron chi connectivity index (χ1n) is 11.0. The van der Waals surface area contributed by atoms with Crippen LogP contribution in [0.25, 0.3) is 0 Å². The van der Waals surface area contributed by atoms with Crippen LogP contribution in [0.4, 0.5) is 11.4 Å². The van der Waals surface area contributed by atoms with E-state index in [9.17, 15) is 19.7 Å². The number of amides is 2. The topological polar surface area (TPSA) is 80.5 Å². The number of anilines is 1. The molecule has 2 amide bonds. The van der Waals surface area contributed by atoms with Gasteiger partial charge in [0.25, 0.3) is 5.69 Å². The summed E-state index contributed by atoms with van der Waals surface area (Å²) in [5.74, 6) is -2.01. The van der Waals surface area contributed by atoms with Crippen LogP contribution in [-0.2, 0) is 20.4 Å². The molecular weight excluding hydrogens is 416 g/mol. The molecule has 33 heavy (non-hydrogen) atoms. The van der Waals surface area contributed by atoms with E-state index in [2.05, 4.69) is 24.3 Å². The van der Waals surface area contributed by atoms with E-state index < -0.39 is 27.6 Å². The van der Waals surface area contributed by atoms with Crippen molar-refractivity contribution in [3.8, 4) is 0 Å². The van der Waals surface area contributed by atoms with Crippen LogP contribution >= 0.6 is 0 Å². The zero-order valence-electron chi connectivity index (χ0n) is 18.5. The molecule has 6 heteroatoms. The molecule has 3 aromatic rings. The molecule has 2 atom stereocenters. The van der Waals surface area contributed by atoms with Crippen LogP contribution in [0.3, 0.4) is 0 Å². The molecule has 0 aromatic heterocycles. The number of benzene rings is 3. The summed E-state index contributed by atoms with van der Waals surface area (Å²) < 4.78 is 0. The van der Waals surface area contributed by atoms with Gasteiger partial charge in [-0.1, -0.05) is 68.4 Å². The van der Waals surface area contributed by atoms with E-state index in [0.29, 0.717) is 5.56 Å². The molecule has 0 saturated carbocycles. The van der Waals surface area contributed by atoms with Crippen molar-refractivity contribution in [2.75, 3.05) is 4.90 Å². The van der Waals surface area contributed by atoms with Crippen LogP contribution in [0.1, 0.15) is 41.7 Å². The van der Waals surface area contributed by atoms with E-state index in [1.165, 1.54) is 12.1 Å². The number of hydrogen-bond acceptors (Lipinski definition) is 4. The molecule has 164 valence electrons. The van der Waals surface area contributed by atoms with Crippen molar-refractivity contribution in [1.29, 1.82) is 0 Å². The third kappa shape index (κ3) is 2.14. The molecule has 1 aliphatic heterocycles. The smallest absolute Gasteiger partial charge is 0.274 e. The summed E-state index contributed by atoms with van der Waals surface area (Å²) in [5, 5.41) is 11.8. The van der Waals surface area contributed by atoms with E-state index in [1.807, 2.05) is 38.1 Å². The van der Waals surface area contributed by atoms with Gasteiger partial charge in [-0.2, -0.15) is 0 Å². The Bertz CT molecular complexity index is 1290. The Hall–Kier alpha value is -3.80. The second-order valence-corrected chi connectivity index (χ2v) is 9.71. The van der Waals surface area contributed by atoms with Crippen molar-refractivity contribution in [3.63, 3.8) is 0 Å². The van der Waals surface area contributed by atoms with Gasteiger partial charge in [0.1, 0.15) is 5.69 Å².